The number of nitrogens with two attached hydrogens (primary N) is 1. The van der Waals surface area contributed by atoms with Gasteiger partial charge in [0, 0.05) is 23.7 Å². The van der Waals surface area contributed by atoms with Crippen LogP contribution >= 0.6 is 11.6 Å². The molecule has 0 aromatic heterocycles. The van der Waals surface area contributed by atoms with Gasteiger partial charge in [-0.2, -0.15) is 0 Å². The number of amides is 1. The van der Waals surface area contributed by atoms with Gasteiger partial charge in [0.25, 0.3) is 5.91 Å². The number of nitrogens with one attached hydrogen (secondary N) is 1. The van der Waals surface area contributed by atoms with Gasteiger partial charge in [-0.15, -0.1) is 0 Å². The van der Waals surface area contributed by atoms with E-state index in [1.165, 1.54) is 6.07 Å². The molecule has 19 heavy (non-hydrogen) atoms. The van der Waals surface area contributed by atoms with Crippen LogP contribution in [0.2, 0.25) is 5.02 Å². The fourth-order valence-corrected chi connectivity index (χ4v) is 1.91. The molecule has 0 saturated heterocycles. The molecule has 0 saturated carbocycles. The molecule has 1 aromatic carbocycles. The van der Waals surface area contributed by atoms with Gasteiger partial charge in [0.1, 0.15) is 0 Å². The Morgan fingerprint density at radius 3 is 2.68 bits per heavy atom. The molecule has 104 valence electrons. The van der Waals surface area contributed by atoms with Gasteiger partial charge in [0.2, 0.25) is 0 Å². The molecule has 0 spiro atoms. The summed E-state index contributed by atoms with van der Waals surface area (Å²) >= 11 is 5.81. The molecule has 0 radical (unpaired) electrons. The standard InChI is InChI=1S/C13H17ClN2O3/c1-2-8(5-12(17)18)7-16-11-4-3-9(14)6-10(11)13(15)19/h3-4,6,8,16H,2,5,7H2,1H3,(H2,15,19)(H,17,18). The Bertz CT molecular complexity index is 477. The van der Waals surface area contributed by atoms with Gasteiger partial charge in [-0.05, 0) is 24.1 Å². The lowest BCUT2D eigenvalue weighted by Gasteiger charge is -2.16. The Hall–Kier alpha value is -1.75. The molecule has 5 nitrogen and oxygen atoms in total. The quantitative estimate of drug-likeness (QED) is 0.716. The lowest BCUT2D eigenvalue weighted by molar-refractivity contribution is -0.138. The van der Waals surface area contributed by atoms with E-state index in [-0.39, 0.29) is 12.3 Å². The van der Waals surface area contributed by atoms with Gasteiger partial charge >= 0.3 is 5.97 Å². The highest BCUT2D eigenvalue weighted by Gasteiger charge is 2.13. The number of aliphatic carboxylic acids is 1. The van der Waals surface area contributed by atoms with Crippen molar-refractivity contribution in [2.75, 3.05) is 11.9 Å². The van der Waals surface area contributed by atoms with Crippen molar-refractivity contribution in [3.8, 4) is 0 Å². The first kappa shape index (κ1) is 15.3. The van der Waals surface area contributed by atoms with Crippen molar-refractivity contribution in [2.24, 2.45) is 11.7 Å². The third kappa shape index (κ3) is 4.79. The number of hydrogen-bond acceptors (Lipinski definition) is 3. The number of carbonyl (C=O) groups is 2. The first-order valence-electron chi connectivity index (χ1n) is 5.99. The third-order valence-electron chi connectivity index (χ3n) is 2.87. The Balaban J connectivity index is 2.76. The van der Waals surface area contributed by atoms with Crippen LogP contribution in [0.4, 0.5) is 5.69 Å². The van der Waals surface area contributed by atoms with E-state index in [0.29, 0.717) is 22.8 Å². The number of anilines is 1. The van der Waals surface area contributed by atoms with E-state index in [4.69, 9.17) is 22.4 Å². The van der Waals surface area contributed by atoms with Crippen molar-refractivity contribution >= 4 is 29.2 Å². The van der Waals surface area contributed by atoms with Crippen LogP contribution in [0.25, 0.3) is 0 Å². The molecule has 0 aliphatic carbocycles. The van der Waals surface area contributed by atoms with Crippen molar-refractivity contribution < 1.29 is 14.7 Å². The summed E-state index contributed by atoms with van der Waals surface area (Å²) in [7, 11) is 0. The highest BCUT2D eigenvalue weighted by atomic mass is 35.5. The lowest BCUT2D eigenvalue weighted by Crippen LogP contribution is -2.20. The maximum atomic E-state index is 11.3. The monoisotopic (exact) mass is 284 g/mol. The molecule has 1 rings (SSSR count). The Morgan fingerprint density at radius 1 is 1.47 bits per heavy atom. The van der Waals surface area contributed by atoms with Gasteiger partial charge < -0.3 is 16.2 Å². The second-order valence-corrected chi connectivity index (χ2v) is 4.74. The van der Waals surface area contributed by atoms with Gasteiger partial charge in [-0.1, -0.05) is 24.9 Å². The normalized spacial score (nSPS) is 11.9. The van der Waals surface area contributed by atoms with Crippen molar-refractivity contribution in [3.05, 3.63) is 28.8 Å². The number of benzene rings is 1. The topological polar surface area (TPSA) is 92.4 Å². The molecule has 1 atom stereocenters. The molecule has 0 aliphatic rings. The maximum absolute atomic E-state index is 11.3. The van der Waals surface area contributed by atoms with Crippen LogP contribution in [-0.4, -0.2) is 23.5 Å². The molecule has 0 heterocycles. The predicted octanol–water partition coefficient (Wildman–Crippen LogP) is 2.35. The summed E-state index contributed by atoms with van der Waals surface area (Å²) in [4.78, 5) is 22.0. The highest BCUT2D eigenvalue weighted by Crippen LogP contribution is 2.21. The summed E-state index contributed by atoms with van der Waals surface area (Å²) in [6.45, 7) is 2.39. The van der Waals surface area contributed by atoms with Crippen LogP contribution in [0.3, 0.4) is 0 Å². The Morgan fingerprint density at radius 2 is 2.16 bits per heavy atom. The molecule has 1 unspecified atom stereocenters. The van der Waals surface area contributed by atoms with E-state index in [1.54, 1.807) is 12.1 Å². The molecule has 1 amide bonds. The maximum Gasteiger partial charge on any atom is 0.303 e. The predicted molar refractivity (Wildman–Crippen MR) is 74.5 cm³/mol. The number of halogens is 1. The third-order valence-corrected chi connectivity index (χ3v) is 3.10. The Labute approximate surface area is 116 Å². The van der Waals surface area contributed by atoms with Gasteiger partial charge in [0.05, 0.1) is 5.56 Å². The zero-order valence-electron chi connectivity index (χ0n) is 10.6. The highest BCUT2D eigenvalue weighted by molar-refractivity contribution is 6.31. The second kappa shape index (κ2) is 6.99. The fraction of sp³-hybridized carbons (Fsp3) is 0.385. The smallest absolute Gasteiger partial charge is 0.303 e. The number of carboxylic acid groups (broad SMARTS) is 1. The first-order chi connectivity index (χ1) is 8.93. The van der Waals surface area contributed by atoms with E-state index < -0.39 is 11.9 Å². The van der Waals surface area contributed by atoms with E-state index in [0.717, 1.165) is 6.42 Å². The van der Waals surface area contributed by atoms with Crippen molar-refractivity contribution in [3.63, 3.8) is 0 Å². The zero-order valence-corrected chi connectivity index (χ0v) is 11.4. The van der Waals surface area contributed by atoms with Crippen LogP contribution in [0.1, 0.15) is 30.1 Å². The van der Waals surface area contributed by atoms with Gasteiger partial charge in [-0.25, -0.2) is 0 Å². The molecule has 0 fully saturated rings. The van der Waals surface area contributed by atoms with Crippen LogP contribution in [0.5, 0.6) is 0 Å². The molecular weight excluding hydrogens is 268 g/mol. The fourth-order valence-electron chi connectivity index (χ4n) is 1.74. The molecule has 0 bridgehead atoms. The van der Waals surface area contributed by atoms with Crippen molar-refractivity contribution in [1.29, 1.82) is 0 Å². The van der Waals surface area contributed by atoms with E-state index in [2.05, 4.69) is 5.32 Å². The Kier molecular flexibility index (Phi) is 5.63. The van der Waals surface area contributed by atoms with Gasteiger partial charge in [0.15, 0.2) is 0 Å². The molecule has 4 N–H and O–H groups in total. The summed E-state index contributed by atoms with van der Waals surface area (Å²) in [5.41, 5.74) is 6.14. The second-order valence-electron chi connectivity index (χ2n) is 4.31. The van der Waals surface area contributed by atoms with Crippen LogP contribution in [0.15, 0.2) is 18.2 Å². The van der Waals surface area contributed by atoms with Gasteiger partial charge in [-0.3, -0.25) is 9.59 Å². The number of rotatable bonds is 7. The summed E-state index contributed by atoms with van der Waals surface area (Å²) in [6, 6.07) is 4.80. The van der Waals surface area contributed by atoms with E-state index in [1.807, 2.05) is 6.92 Å². The summed E-state index contributed by atoms with van der Waals surface area (Å²) in [5.74, 6) is -1.41. The largest absolute Gasteiger partial charge is 0.481 e. The molecule has 1 aromatic rings. The minimum atomic E-state index is -0.833. The lowest BCUT2D eigenvalue weighted by atomic mass is 10.0. The minimum Gasteiger partial charge on any atom is -0.481 e. The SMILES string of the molecule is CCC(CNc1ccc(Cl)cc1C(N)=O)CC(=O)O. The molecule has 6 heteroatoms. The summed E-state index contributed by atoms with van der Waals surface area (Å²) < 4.78 is 0. The van der Waals surface area contributed by atoms with Crippen LogP contribution in [-0.2, 0) is 4.79 Å². The minimum absolute atomic E-state index is 0.00564. The first-order valence-corrected chi connectivity index (χ1v) is 6.36. The van der Waals surface area contributed by atoms with Crippen LogP contribution < -0.4 is 11.1 Å². The zero-order chi connectivity index (χ0) is 14.4. The van der Waals surface area contributed by atoms with Crippen LogP contribution in [0, 0.1) is 5.92 Å². The number of carboxylic acids is 1. The molecular formula is C13H17ClN2O3. The number of carbonyl (C=O) groups excluding carboxylic acids is 1. The summed E-state index contributed by atoms with van der Waals surface area (Å²) in [5, 5.41) is 12.3. The number of primary amides is 1. The van der Waals surface area contributed by atoms with E-state index in [9.17, 15) is 9.59 Å². The van der Waals surface area contributed by atoms with Crippen molar-refractivity contribution in [1.82, 2.24) is 0 Å². The van der Waals surface area contributed by atoms with E-state index >= 15 is 0 Å². The average molecular weight is 285 g/mol. The number of hydrogen-bond donors (Lipinski definition) is 3. The summed E-state index contributed by atoms with van der Waals surface area (Å²) in [6.07, 6.45) is 0.821. The van der Waals surface area contributed by atoms with Crippen molar-refractivity contribution in [2.45, 2.75) is 19.8 Å². The molecule has 0 aliphatic heterocycles. The average Bonchev–Trinajstić information content (AvgIpc) is 2.34.